The number of aryl methyl sites for hydroxylation is 2. The van der Waals surface area contributed by atoms with Crippen molar-refractivity contribution in [2.24, 2.45) is 0 Å². The number of thiophene rings is 1. The monoisotopic (exact) mass is 309 g/mol. The molecule has 0 radical (unpaired) electrons. The van der Waals surface area contributed by atoms with Crippen molar-refractivity contribution in [3.63, 3.8) is 0 Å². The van der Waals surface area contributed by atoms with Crippen LogP contribution in [0, 0.1) is 0 Å². The highest BCUT2D eigenvalue weighted by atomic mass is 32.1. The van der Waals surface area contributed by atoms with Crippen molar-refractivity contribution in [3.05, 3.63) is 46.6 Å². The molecule has 2 aromatic heterocycles. The molecule has 0 spiro atoms. The van der Waals surface area contributed by atoms with E-state index in [0.717, 1.165) is 40.1 Å². The quantitative estimate of drug-likeness (QED) is 0.739. The van der Waals surface area contributed by atoms with Crippen molar-refractivity contribution < 1.29 is 4.79 Å². The van der Waals surface area contributed by atoms with Gasteiger partial charge in [-0.25, -0.2) is 9.97 Å². The maximum Gasteiger partial charge on any atom is 0.159 e. The fourth-order valence-corrected chi connectivity index (χ4v) is 4.18. The van der Waals surface area contributed by atoms with Crippen molar-refractivity contribution in [2.75, 3.05) is 5.32 Å². The van der Waals surface area contributed by atoms with E-state index in [-0.39, 0.29) is 5.78 Å². The molecule has 3 aromatic rings. The summed E-state index contributed by atoms with van der Waals surface area (Å²) in [4.78, 5) is 22.7. The zero-order chi connectivity index (χ0) is 15.1. The predicted octanol–water partition coefficient (Wildman–Crippen LogP) is 4.13. The standard InChI is InChI=1S/C17H15N3OS/c1-10(21)11-5-7-12(8-6-11)20-16-15-13-3-2-4-14(13)22-17(15)19-9-18-16/h5-9H,2-4H2,1H3,(H,18,19,20). The van der Waals surface area contributed by atoms with Crippen molar-refractivity contribution >= 4 is 38.8 Å². The molecule has 5 heteroatoms. The number of fused-ring (bicyclic) bond motifs is 3. The third-order valence-electron chi connectivity index (χ3n) is 4.06. The topological polar surface area (TPSA) is 54.9 Å². The SMILES string of the molecule is CC(=O)c1ccc(Nc2ncnc3sc4c(c23)CCC4)cc1. The largest absolute Gasteiger partial charge is 0.340 e. The Labute approximate surface area is 132 Å². The van der Waals surface area contributed by atoms with Crippen LogP contribution in [0.1, 0.15) is 34.1 Å². The van der Waals surface area contributed by atoms with E-state index >= 15 is 0 Å². The summed E-state index contributed by atoms with van der Waals surface area (Å²) in [6, 6.07) is 7.50. The lowest BCUT2D eigenvalue weighted by atomic mass is 10.1. The van der Waals surface area contributed by atoms with Crippen molar-refractivity contribution in [1.29, 1.82) is 0 Å². The number of carbonyl (C=O) groups excluding carboxylic acids is 1. The van der Waals surface area contributed by atoms with Gasteiger partial charge >= 0.3 is 0 Å². The van der Waals surface area contributed by atoms with E-state index in [0.29, 0.717) is 0 Å². The number of benzene rings is 1. The predicted molar refractivity (Wildman–Crippen MR) is 89.2 cm³/mol. The molecule has 0 saturated heterocycles. The van der Waals surface area contributed by atoms with Crippen LogP contribution in [0.15, 0.2) is 30.6 Å². The van der Waals surface area contributed by atoms with Crippen LogP contribution in [-0.2, 0) is 12.8 Å². The van der Waals surface area contributed by atoms with Gasteiger partial charge in [0.05, 0.1) is 5.39 Å². The highest BCUT2D eigenvalue weighted by Crippen LogP contribution is 2.39. The molecule has 0 bridgehead atoms. The number of hydrogen-bond acceptors (Lipinski definition) is 5. The molecule has 22 heavy (non-hydrogen) atoms. The Morgan fingerprint density at radius 1 is 1.18 bits per heavy atom. The minimum atomic E-state index is 0.0756. The molecule has 4 nitrogen and oxygen atoms in total. The van der Waals surface area contributed by atoms with Gasteiger partial charge < -0.3 is 5.32 Å². The van der Waals surface area contributed by atoms with Crippen molar-refractivity contribution in [2.45, 2.75) is 26.2 Å². The molecule has 0 amide bonds. The van der Waals surface area contributed by atoms with Gasteiger partial charge in [-0.3, -0.25) is 4.79 Å². The molecule has 0 fully saturated rings. The van der Waals surface area contributed by atoms with E-state index in [1.54, 1.807) is 24.6 Å². The zero-order valence-corrected chi connectivity index (χ0v) is 13.0. The van der Waals surface area contributed by atoms with Gasteiger partial charge in [0.1, 0.15) is 17.0 Å². The number of rotatable bonds is 3. The number of nitrogens with zero attached hydrogens (tertiary/aromatic N) is 2. The Balaban J connectivity index is 1.73. The minimum absolute atomic E-state index is 0.0756. The third kappa shape index (κ3) is 2.18. The Bertz CT molecular complexity index is 867. The second kappa shape index (κ2) is 5.18. The summed E-state index contributed by atoms with van der Waals surface area (Å²) in [5, 5.41) is 4.54. The summed E-state index contributed by atoms with van der Waals surface area (Å²) in [5.41, 5.74) is 3.06. The van der Waals surface area contributed by atoms with Gasteiger partial charge in [-0.05, 0) is 56.0 Å². The summed E-state index contributed by atoms with van der Waals surface area (Å²) < 4.78 is 0. The average Bonchev–Trinajstić information content (AvgIpc) is 3.08. The first-order valence-corrected chi connectivity index (χ1v) is 8.17. The van der Waals surface area contributed by atoms with Gasteiger partial charge in [0.2, 0.25) is 0 Å². The Morgan fingerprint density at radius 2 is 2.00 bits per heavy atom. The molecule has 0 atom stereocenters. The summed E-state index contributed by atoms with van der Waals surface area (Å²) >= 11 is 1.78. The Morgan fingerprint density at radius 3 is 2.77 bits per heavy atom. The lowest BCUT2D eigenvalue weighted by molar-refractivity contribution is 0.101. The zero-order valence-electron chi connectivity index (χ0n) is 12.2. The molecular formula is C17H15N3OS. The van der Waals surface area contributed by atoms with Crippen LogP contribution in [0.2, 0.25) is 0 Å². The first-order valence-electron chi connectivity index (χ1n) is 7.35. The van der Waals surface area contributed by atoms with E-state index in [1.165, 1.54) is 16.9 Å². The van der Waals surface area contributed by atoms with E-state index in [1.807, 2.05) is 24.3 Å². The lowest BCUT2D eigenvalue weighted by Gasteiger charge is -2.08. The van der Waals surface area contributed by atoms with Crippen LogP contribution in [0.4, 0.5) is 11.5 Å². The van der Waals surface area contributed by atoms with Gasteiger partial charge in [0, 0.05) is 16.1 Å². The van der Waals surface area contributed by atoms with Gasteiger partial charge in [0.25, 0.3) is 0 Å². The Kier molecular flexibility index (Phi) is 3.15. The number of hydrogen-bond donors (Lipinski definition) is 1. The van der Waals surface area contributed by atoms with Crippen LogP contribution in [-0.4, -0.2) is 15.8 Å². The lowest BCUT2D eigenvalue weighted by Crippen LogP contribution is -1.97. The second-order valence-electron chi connectivity index (χ2n) is 5.52. The second-order valence-corrected chi connectivity index (χ2v) is 6.60. The van der Waals surface area contributed by atoms with E-state index in [2.05, 4.69) is 15.3 Å². The van der Waals surface area contributed by atoms with Crippen molar-refractivity contribution in [3.8, 4) is 0 Å². The average molecular weight is 309 g/mol. The van der Waals surface area contributed by atoms with Gasteiger partial charge in [0.15, 0.2) is 5.78 Å². The molecular weight excluding hydrogens is 294 g/mol. The first-order chi connectivity index (χ1) is 10.7. The normalized spacial score (nSPS) is 13.3. The first kappa shape index (κ1) is 13.4. The van der Waals surface area contributed by atoms with Crippen LogP contribution in [0.5, 0.6) is 0 Å². The molecule has 1 aliphatic rings. The number of nitrogens with one attached hydrogen (secondary N) is 1. The molecule has 2 heterocycles. The number of anilines is 2. The molecule has 1 aromatic carbocycles. The summed E-state index contributed by atoms with van der Waals surface area (Å²) in [5.74, 6) is 0.937. The molecule has 110 valence electrons. The number of ketones is 1. The molecule has 0 aliphatic heterocycles. The summed E-state index contributed by atoms with van der Waals surface area (Å²) in [6.45, 7) is 1.57. The van der Waals surface area contributed by atoms with Crippen LogP contribution in [0.25, 0.3) is 10.2 Å². The van der Waals surface area contributed by atoms with E-state index in [9.17, 15) is 4.79 Å². The van der Waals surface area contributed by atoms with Gasteiger partial charge in [-0.2, -0.15) is 0 Å². The van der Waals surface area contributed by atoms with Crippen LogP contribution < -0.4 is 5.32 Å². The maximum absolute atomic E-state index is 11.3. The summed E-state index contributed by atoms with van der Waals surface area (Å²) in [7, 11) is 0. The highest BCUT2D eigenvalue weighted by Gasteiger charge is 2.21. The smallest absolute Gasteiger partial charge is 0.159 e. The Hall–Kier alpha value is -2.27. The highest BCUT2D eigenvalue weighted by molar-refractivity contribution is 7.19. The molecule has 0 saturated carbocycles. The van der Waals surface area contributed by atoms with Crippen molar-refractivity contribution in [1.82, 2.24) is 9.97 Å². The van der Waals surface area contributed by atoms with Crippen LogP contribution in [0.3, 0.4) is 0 Å². The van der Waals surface area contributed by atoms with E-state index in [4.69, 9.17) is 0 Å². The fraction of sp³-hybridized carbons (Fsp3) is 0.235. The number of aromatic nitrogens is 2. The summed E-state index contributed by atoms with van der Waals surface area (Å²) in [6.07, 6.45) is 5.10. The van der Waals surface area contributed by atoms with Gasteiger partial charge in [-0.1, -0.05) is 0 Å². The molecule has 1 N–H and O–H groups in total. The molecule has 1 aliphatic carbocycles. The molecule has 0 unspecified atom stereocenters. The van der Waals surface area contributed by atoms with Gasteiger partial charge in [-0.15, -0.1) is 11.3 Å². The number of Topliss-reactive ketones (excluding diaryl/α,β-unsaturated/α-hetero) is 1. The van der Waals surface area contributed by atoms with E-state index < -0.39 is 0 Å². The third-order valence-corrected chi connectivity index (χ3v) is 5.26. The fourth-order valence-electron chi connectivity index (χ4n) is 2.95. The molecule has 4 rings (SSSR count). The number of carbonyl (C=O) groups is 1. The maximum atomic E-state index is 11.3. The minimum Gasteiger partial charge on any atom is -0.340 e. The van der Waals surface area contributed by atoms with Crippen LogP contribution >= 0.6 is 11.3 Å².